The fourth-order valence-corrected chi connectivity index (χ4v) is 4.32. The number of rotatable bonds is 3. The van der Waals surface area contributed by atoms with Gasteiger partial charge in [0.1, 0.15) is 5.82 Å². The Morgan fingerprint density at radius 3 is 2.61 bits per heavy atom. The molecule has 0 saturated carbocycles. The molecule has 0 fully saturated rings. The first-order valence-corrected chi connectivity index (χ1v) is 10.2. The first kappa shape index (κ1) is 17.0. The molecule has 0 radical (unpaired) electrons. The van der Waals surface area contributed by atoms with Crippen molar-refractivity contribution in [3.63, 3.8) is 0 Å². The third-order valence-corrected chi connectivity index (χ3v) is 6.05. The van der Waals surface area contributed by atoms with Crippen LogP contribution in [-0.4, -0.2) is 25.2 Å². The summed E-state index contributed by atoms with van der Waals surface area (Å²) < 4.78 is 4.09. The standard InChI is InChI=1S/C22H20N4OS/c1-15-5-6-18(11-16(15)2)26-21(24-8-3-4-9-24)19-12-25(13-20(19)23-26)22(27)17-7-10-28-14-17/h3-11,14H,12-13H2,1-2H3. The van der Waals surface area contributed by atoms with E-state index in [1.165, 1.54) is 11.1 Å². The predicted molar refractivity (Wildman–Crippen MR) is 110 cm³/mol. The van der Waals surface area contributed by atoms with Gasteiger partial charge in [0.2, 0.25) is 0 Å². The zero-order valence-electron chi connectivity index (χ0n) is 15.8. The highest BCUT2D eigenvalue weighted by molar-refractivity contribution is 7.08. The van der Waals surface area contributed by atoms with Crippen LogP contribution in [0.1, 0.15) is 32.7 Å². The molecule has 28 heavy (non-hydrogen) atoms. The summed E-state index contributed by atoms with van der Waals surface area (Å²) in [6.07, 6.45) is 4.05. The number of amides is 1. The first-order valence-electron chi connectivity index (χ1n) is 9.25. The number of thiophene rings is 1. The molecule has 5 nitrogen and oxygen atoms in total. The highest BCUT2D eigenvalue weighted by Crippen LogP contribution is 2.32. The molecule has 0 N–H and O–H groups in total. The molecular formula is C22H20N4OS. The van der Waals surface area contributed by atoms with E-state index in [2.05, 4.69) is 36.6 Å². The van der Waals surface area contributed by atoms with Crippen molar-refractivity contribution in [2.24, 2.45) is 0 Å². The molecule has 5 rings (SSSR count). The molecule has 1 aromatic carbocycles. The lowest BCUT2D eigenvalue weighted by Gasteiger charge is -2.17. The third-order valence-electron chi connectivity index (χ3n) is 5.37. The Kier molecular flexibility index (Phi) is 3.94. The first-order chi connectivity index (χ1) is 13.6. The van der Waals surface area contributed by atoms with Crippen molar-refractivity contribution in [2.75, 3.05) is 0 Å². The van der Waals surface area contributed by atoms with Gasteiger partial charge in [-0.05, 0) is 60.7 Å². The van der Waals surface area contributed by atoms with E-state index in [1.54, 1.807) is 11.3 Å². The Balaban J connectivity index is 1.58. The van der Waals surface area contributed by atoms with Gasteiger partial charge in [-0.25, -0.2) is 4.68 Å². The maximum Gasteiger partial charge on any atom is 0.255 e. The van der Waals surface area contributed by atoms with Gasteiger partial charge in [-0.3, -0.25) is 4.79 Å². The Morgan fingerprint density at radius 1 is 1.07 bits per heavy atom. The van der Waals surface area contributed by atoms with Crippen LogP contribution in [0.5, 0.6) is 0 Å². The van der Waals surface area contributed by atoms with Crippen molar-refractivity contribution >= 4 is 17.2 Å². The summed E-state index contributed by atoms with van der Waals surface area (Å²) in [5.41, 5.74) is 6.36. The third kappa shape index (κ3) is 2.68. The monoisotopic (exact) mass is 388 g/mol. The number of carbonyl (C=O) groups excluding carboxylic acids is 1. The summed E-state index contributed by atoms with van der Waals surface area (Å²) >= 11 is 1.54. The quantitative estimate of drug-likeness (QED) is 0.519. The highest BCUT2D eigenvalue weighted by Gasteiger charge is 2.32. The van der Waals surface area contributed by atoms with Gasteiger partial charge in [-0.1, -0.05) is 6.07 Å². The van der Waals surface area contributed by atoms with Crippen molar-refractivity contribution < 1.29 is 4.79 Å². The van der Waals surface area contributed by atoms with Crippen LogP contribution in [0.4, 0.5) is 0 Å². The fourth-order valence-electron chi connectivity index (χ4n) is 3.69. The number of benzene rings is 1. The summed E-state index contributed by atoms with van der Waals surface area (Å²) in [6, 6.07) is 12.3. The fraction of sp³-hybridized carbons (Fsp3) is 0.182. The lowest BCUT2D eigenvalue weighted by molar-refractivity contribution is 0.0750. The molecule has 1 amide bonds. The number of aromatic nitrogens is 3. The maximum atomic E-state index is 12.8. The number of aryl methyl sites for hydroxylation is 2. The summed E-state index contributed by atoms with van der Waals surface area (Å²) in [5.74, 6) is 1.07. The Morgan fingerprint density at radius 2 is 1.89 bits per heavy atom. The zero-order valence-corrected chi connectivity index (χ0v) is 16.6. The van der Waals surface area contributed by atoms with Crippen LogP contribution in [-0.2, 0) is 13.1 Å². The van der Waals surface area contributed by atoms with E-state index in [9.17, 15) is 4.79 Å². The molecule has 0 atom stereocenters. The van der Waals surface area contributed by atoms with E-state index in [0.717, 1.165) is 28.3 Å². The Labute approximate surface area is 167 Å². The molecular weight excluding hydrogens is 368 g/mol. The maximum absolute atomic E-state index is 12.8. The molecule has 3 aromatic heterocycles. The van der Waals surface area contributed by atoms with Gasteiger partial charge in [0.15, 0.2) is 0 Å². The van der Waals surface area contributed by atoms with E-state index in [0.29, 0.717) is 13.1 Å². The van der Waals surface area contributed by atoms with Gasteiger partial charge in [0, 0.05) is 23.3 Å². The lowest BCUT2D eigenvalue weighted by atomic mass is 10.1. The van der Waals surface area contributed by atoms with Crippen molar-refractivity contribution in [1.29, 1.82) is 0 Å². The number of carbonyl (C=O) groups is 1. The lowest BCUT2D eigenvalue weighted by Crippen LogP contribution is -2.26. The molecule has 6 heteroatoms. The van der Waals surface area contributed by atoms with Crippen molar-refractivity contribution in [3.8, 4) is 11.5 Å². The van der Waals surface area contributed by atoms with E-state index in [1.807, 2.05) is 50.9 Å². The van der Waals surface area contributed by atoms with Gasteiger partial charge in [0.05, 0.1) is 30.0 Å². The Bertz CT molecular complexity index is 1160. The van der Waals surface area contributed by atoms with Crippen molar-refractivity contribution in [1.82, 2.24) is 19.2 Å². The topological polar surface area (TPSA) is 43.1 Å². The molecule has 0 saturated heterocycles. The van der Waals surface area contributed by atoms with Crippen LogP contribution in [0.15, 0.2) is 59.6 Å². The van der Waals surface area contributed by atoms with E-state index >= 15 is 0 Å². The molecule has 0 spiro atoms. The molecule has 4 aromatic rings. The molecule has 1 aliphatic heterocycles. The average molecular weight is 388 g/mol. The predicted octanol–water partition coefficient (Wildman–Crippen LogP) is 4.50. The van der Waals surface area contributed by atoms with Crippen LogP contribution in [0, 0.1) is 13.8 Å². The van der Waals surface area contributed by atoms with E-state index in [4.69, 9.17) is 5.10 Å². The minimum atomic E-state index is 0.0652. The summed E-state index contributed by atoms with van der Waals surface area (Å²) in [6.45, 7) is 5.34. The van der Waals surface area contributed by atoms with Gasteiger partial charge >= 0.3 is 0 Å². The van der Waals surface area contributed by atoms with E-state index in [-0.39, 0.29) is 5.91 Å². The molecule has 1 aliphatic rings. The molecule has 0 bridgehead atoms. The summed E-state index contributed by atoms with van der Waals surface area (Å²) in [5, 5.41) is 8.75. The number of hydrogen-bond donors (Lipinski definition) is 0. The van der Waals surface area contributed by atoms with Crippen LogP contribution in [0.25, 0.3) is 11.5 Å². The van der Waals surface area contributed by atoms with Crippen LogP contribution < -0.4 is 0 Å². The highest BCUT2D eigenvalue weighted by atomic mass is 32.1. The van der Waals surface area contributed by atoms with Gasteiger partial charge in [0.25, 0.3) is 5.91 Å². The summed E-state index contributed by atoms with van der Waals surface area (Å²) in [7, 11) is 0. The summed E-state index contributed by atoms with van der Waals surface area (Å²) in [4.78, 5) is 14.7. The SMILES string of the molecule is Cc1ccc(-n2nc3c(c2-n2cccc2)CN(C(=O)c2ccsc2)C3)cc1C. The van der Waals surface area contributed by atoms with Crippen molar-refractivity contribution in [3.05, 3.63) is 87.5 Å². The largest absolute Gasteiger partial charge is 0.328 e. The zero-order chi connectivity index (χ0) is 19.3. The van der Waals surface area contributed by atoms with E-state index < -0.39 is 0 Å². The van der Waals surface area contributed by atoms with Crippen molar-refractivity contribution in [2.45, 2.75) is 26.9 Å². The molecule has 140 valence electrons. The average Bonchev–Trinajstić information content (AvgIpc) is 3.46. The minimum absolute atomic E-state index is 0.0652. The normalized spacial score (nSPS) is 13.1. The number of fused-ring (bicyclic) bond motifs is 1. The second-order valence-electron chi connectivity index (χ2n) is 7.19. The van der Waals surface area contributed by atoms with Gasteiger partial charge in [-0.15, -0.1) is 0 Å². The van der Waals surface area contributed by atoms with Crippen LogP contribution in [0.3, 0.4) is 0 Å². The second kappa shape index (κ2) is 6.49. The van der Waals surface area contributed by atoms with Crippen LogP contribution in [0.2, 0.25) is 0 Å². The molecule has 4 heterocycles. The van der Waals surface area contributed by atoms with Gasteiger partial charge < -0.3 is 9.47 Å². The molecule has 0 unspecified atom stereocenters. The second-order valence-corrected chi connectivity index (χ2v) is 7.97. The molecule has 0 aliphatic carbocycles. The minimum Gasteiger partial charge on any atom is -0.328 e. The number of hydrogen-bond acceptors (Lipinski definition) is 3. The smallest absolute Gasteiger partial charge is 0.255 e. The Hall–Kier alpha value is -3.12. The van der Waals surface area contributed by atoms with Gasteiger partial charge in [-0.2, -0.15) is 16.4 Å². The number of nitrogens with zero attached hydrogens (tertiary/aromatic N) is 4. The van der Waals surface area contributed by atoms with Crippen LogP contribution >= 0.6 is 11.3 Å².